The summed E-state index contributed by atoms with van der Waals surface area (Å²) in [6.07, 6.45) is 5.47. The number of alkyl halides is 1. The fourth-order valence-electron chi connectivity index (χ4n) is 2.82. The molecule has 2 heteroatoms. The molecule has 27 heavy (non-hydrogen) atoms. The molecule has 0 unspecified atom stereocenters. The zero-order valence-electron chi connectivity index (χ0n) is 16.4. The van der Waals surface area contributed by atoms with Crippen molar-refractivity contribution in [3.05, 3.63) is 90.5 Å². The van der Waals surface area contributed by atoms with Gasteiger partial charge in [-0.15, -0.1) is 0 Å². The first-order chi connectivity index (χ1) is 13.3. The third-order valence-electron chi connectivity index (χ3n) is 4.31. The molecule has 0 nitrogen and oxygen atoms in total. The number of benzene rings is 3. The molecule has 0 bridgehead atoms. The van der Waals surface area contributed by atoms with Crippen LogP contribution in [0.4, 0.5) is 0 Å². The highest BCUT2D eigenvalue weighted by Gasteiger charge is 2.15. The number of rotatable bonds is 7. The summed E-state index contributed by atoms with van der Waals surface area (Å²) in [5.41, 5.74) is 1.31. The normalized spacial score (nSPS) is 10.4. The molecule has 0 aliphatic carbocycles. The van der Waals surface area contributed by atoms with Crippen molar-refractivity contribution in [1.82, 2.24) is 0 Å². The zero-order valence-corrected chi connectivity index (χ0v) is 18.9. The summed E-state index contributed by atoms with van der Waals surface area (Å²) in [6, 6.07) is 30.5. The summed E-state index contributed by atoms with van der Waals surface area (Å²) in [5.74, 6) is 0. The molecule has 3 aromatic carbocycles. The van der Waals surface area contributed by atoms with Gasteiger partial charge in [0, 0.05) is 5.33 Å². The maximum Gasteiger partial charge on any atom is 0.00313 e. The van der Waals surface area contributed by atoms with Gasteiger partial charge in [0.05, 0.1) is 0 Å². The lowest BCUT2D eigenvalue weighted by atomic mass is 10.2. The molecule has 3 rings (SSSR count). The van der Waals surface area contributed by atoms with Gasteiger partial charge < -0.3 is 0 Å². The van der Waals surface area contributed by atoms with E-state index in [9.17, 15) is 0 Å². The van der Waals surface area contributed by atoms with Crippen LogP contribution in [0.25, 0.3) is 0 Å². The maximum absolute atomic E-state index is 3.38. The van der Waals surface area contributed by atoms with Crippen LogP contribution in [-0.4, -0.2) is 5.33 Å². The van der Waals surface area contributed by atoms with Crippen molar-refractivity contribution in [1.29, 1.82) is 0 Å². The summed E-state index contributed by atoms with van der Waals surface area (Å²) < 4.78 is 0. The molecule has 0 amide bonds. The van der Waals surface area contributed by atoms with Gasteiger partial charge in [-0.3, -0.25) is 0 Å². The first kappa shape index (κ1) is 21.9. The van der Waals surface area contributed by atoms with Crippen molar-refractivity contribution in [2.45, 2.75) is 39.5 Å². The molecule has 0 fully saturated rings. The molecular weight excluding hydrogens is 411 g/mol. The lowest BCUT2D eigenvalue weighted by Crippen LogP contribution is -2.20. The molecule has 0 N–H and O–H groups in total. The van der Waals surface area contributed by atoms with E-state index >= 15 is 0 Å². The third-order valence-corrected chi connectivity index (χ3v) is 7.31. The van der Waals surface area contributed by atoms with Crippen LogP contribution >= 0.6 is 23.9 Å². The number of halogens is 1. The second-order valence-corrected chi connectivity index (χ2v) is 9.60. The third kappa shape index (κ3) is 7.60. The second-order valence-electron chi connectivity index (χ2n) is 6.59. The fraction of sp³-hybridized carbons (Fsp3) is 0.280. The van der Waals surface area contributed by atoms with Crippen molar-refractivity contribution in [3.63, 3.8) is 0 Å². The number of hydrogen-bond donors (Lipinski definition) is 0. The molecule has 0 saturated heterocycles. The molecule has 0 aliphatic rings. The first-order valence-corrected chi connectivity index (χ1v) is 12.3. The van der Waals surface area contributed by atoms with Crippen LogP contribution in [0.15, 0.2) is 84.9 Å². The van der Waals surface area contributed by atoms with E-state index in [1.807, 2.05) is 0 Å². The van der Waals surface area contributed by atoms with Crippen molar-refractivity contribution in [2.24, 2.45) is 0 Å². The average Bonchev–Trinajstić information content (AvgIpc) is 2.72. The Kier molecular flexibility index (Phi) is 10.4. The minimum absolute atomic E-state index is 0.458. The number of unbranched alkanes of at least 4 members (excludes halogenated alkanes) is 3. The smallest absolute Gasteiger partial charge is 0.00313 e. The van der Waals surface area contributed by atoms with Crippen LogP contribution in [0.5, 0.6) is 0 Å². The highest BCUT2D eigenvalue weighted by molar-refractivity contribution is 9.09. The van der Waals surface area contributed by atoms with Gasteiger partial charge in [0.25, 0.3) is 0 Å². The highest BCUT2D eigenvalue weighted by Crippen LogP contribution is 2.32. The maximum atomic E-state index is 3.38. The van der Waals surface area contributed by atoms with E-state index in [2.05, 4.69) is 115 Å². The highest BCUT2D eigenvalue weighted by atomic mass is 79.9. The SMILES string of the molecule is CCCCCCBr.Cc1ccc(P(c2ccccc2)c2ccccc2)cc1. The molecule has 0 aliphatic heterocycles. The van der Waals surface area contributed by atoms with E-state index in [0.717, 1.165) is 0 Å². The standard InChI is InChI=1S/C19H17P.C6H13Br/c1-16-12-14-19(15-13-16)20(17-8-4-2-5-9-17)18-10-6-3-7-11-18;1-2-3-4-5-6-7/h2-15H,1H3;2-6H2,1H3. The van der Waals surface area contributed by atoms with E-state index in [-0.39, 0.29) is 0 Å². The van der Waals surface area contributed by atoms with Crippen LogP contribution in [-0.2, 0) is 0 Å². The van der Waals surface area contributed by atoms with Crippen LogP contribution < -0.4 is 15.9 Å². The predicted molar refractivity (Wildman–Crippen MR) is 128 cm³/mol. The Morgan fingerprint density at radius 3 is 1.56 bits per heavy atom. The van der Waals surface area contributed by atoms with E-state index in [4.69, 9.17) is 0 Å². The topological polar surface area (TPSA) is 0 Å². The summed E-state index contributed by atoms with van der Waals surface area (Å²) in [5, 5.41) is 5.38. The second kappa shape index (κ2) is 12.9. The Labute approximate surface area is 174 Å². The minimum atomic E-state index is -0.458. The van der Waals surface area contributed by atoms with E-state index in [0.29, 0.717) is 0 Å². The average molecular weight is 441 g/mol. The van der Waals surface area contributed by atoms with Gasteiger partial charge in [-0.1, -0.05) is 133 Å². The fourth-order valence-corrected chi connectivity index (χ4v) is 5.50. The minimum Gasteiger partial charge on any atom is -0.0928 e. The first-order valence-electron chi connectivity index (χ1n) is 9.79. The Balaban J connectivity index is 0.000000321. The van der Waals surface area contributed by atoms with Crippen molar-refractivity contribution >= 4 is 39.8 Å². The monoisotopic (exact) mass is 440 g/mol. The van der Waals surface area contributed by atoms with Crippen molar-refractivity contribution in [3.8, 4) is 0 Å². The van der Waals surface area contributed by atoms with Crippen molar-refractivity contribution < 1.29 is 0 Å². The summed E-state index contributed by atoms with van der Waals surface area (Å²) in [6.45, 7) is 4.37. The Hall–Kier alpha value is -1.43. The molecule has 142 valence electrons. The Bertz CT molecular complexity index is 695. The lowest BCUT2D eigenvalue weighted by molar-refractivity contribution is 0.708. The molecule has 0 atom stereocenters. The van der Waals surface area contributed by atoms with Gasteiger partial charge >= 0.3 is 0 Å². The lowest BCUT2D eigenvalue weighted by Gasteiger charge is -2.19. The van der Waals surface area contributed by atoms with Crippen LogP contribution in [0, 0.1) is 6.92 Å². The molecule has 3 aromatic rings. The molecule has 0 aromatic heterocycles. The van der Waals surface area contributed by atoms with Crippen LogP contribution in [0.2, 0.25) is 0 Å². The van der Waals surface area contributed by atoms with Crippen LogP contribution in [0.3, 0.4) is 0 Å². The predicted octanol–water partition coefficient (Wildman–Crippen LogP) is 6.71. The largest absolute Gasteiger partial charge is 0.0928 e. The number of hydrogen-bond acceptors (Lipinski definition) is 0. The van der Waals surface area contributed by atoms with E-state index < -0.39 is 7.92 Å². The Morgan fingerprint density at radius 2 is 1.11 bits per heavy atom. The summed E-state index contributed by atoms with van der Waals surface area (Å²) in [4.78, 5) is 0. The molecule has 0 spiro atoms. The van der Waals surface area contributed by atoms with Gasteiger partial charge in [-0.25, -0.2) is 0 Å². The summed E-state index contributed by atoms with van der Waals surface area (Å²) in [7, 11) is -0.458. The van der Waals surface area contributed by atoms with Gasteiger partial charge in [-0.2, -0.15) is 0 Å². The zero-order chi connectivity index (χ0) is 19.3. The van der Waals surface area contributed by atoms with Gasteiger partial charge in [0.2, 0.25) is 0 Å². The molecule has 0 saturated carbocycles. The number of aryl methyl sites for hydroxylation is 1. The van der Waals surface area contributed by atoms with Gasteiger partial charge in [0.15, 0.2) is 0 Å². The van der Waals surface area contributed by atoms with Crippen LogP contribution in [0.1, 0.15) is 38.2 Å². The molecule has 0 heterocycles. The van der Waals surface area contributed by atoms with Crippen molar-refractivity contribution in [2.75, 3.05) is 5.33 Å². The quantitative estimate of drug-likeness (QED) is 0.217. The molecular formula is C25H30BrP. The molecule has 0 radical (unpaired) electrons. The van der Waals surface area contributed by atoms with E-state index in [1.165, 1.54) is 52.5 Å². The van der Waals surface area contributed by atoms with Gasteiger partial charge in [-0.05, 0) is 37.2 Å². The van der Waals surface area contributed by atoms with E-state index in [1.54, 1.807) is 0 Å². The van der Waals surface area contributed by atoms with Gasteiger partial charge in [0.1, 0.15) is 0 Å². The Morgan fingerprint density at radius 1 is 0.630 bits per heavy atom. The summed E-state index contributed by atoms with van der Waals surface area (Å²) >= 11 is 3.38.